The van der Waals surface area contributed by atoms with Gasteiger partial charge in [0.2, 0.25) is 0 Å². The van der Waals surface area contributed by atoms with Crippen LogP contribution in [0.5, 0.6) is 0 Å². The van der Waals surface area contributed by atoms with E-state index in [9.17, 15) is 9.59 Å². The molecule has 21 heteroatoms. The summed E-state index contributed by atoms with van der Waals surface area (Å²) in [5.74, 6) is 0.887. The van der Waals surface area contributed by atoms with Gasteiger partial charge in [-0.25, -0.2) is 19.9 Å². The Hall–Kier alpha value is -7.40. The third kappa shape index (κ3) is 12.4. The average molecular weight is 1140 g/mol. The molecule has 2 aromatic carbocycles. The van der Waals surface area contributed by atoms with Crippen LogP contribution in [-0.4, -0.2) is 173 Å². The smallest absolute Gasteiger partial charge is 0.274 e. The standard InChI is InChI=1S/C63H78N16O5/c1-2-43-37-45(69-59-54(56(64)80)72-52(47-7-3-5-23-65-47)57(74-59)70-50-17-33-83-39-62(50)19-20-62)13-14-49(43)79-25-15-46(16-26-79)78-29-27-77(28-30-78)41-67-61(81)55-60(68-44-11-9-42(10-12-44)38-76-31-35-82-36-32-76)75-58(53(73-55)48-8-4-6-24-66-48)71-51-18-34-84-40-63(51)21-22-63/h3-14,23-24,37,46,50-51H,2,15-22,25-36,38-41H2,1H3,(H2,64,80)(H,67,81)(H2,68,71,75)(H2,69,70,74). The SMILES string of the molecule is CCc1cc(Nc2nc(NC3CCOCC34CC4)c(-c3ccccn3)nc2C(N)=O)ccc1N1CCC(N2CCN(CNC(=O)c3nc(-c4ccccn4)c(NC4CCOCC45CC5)nc3Nc3ccc(CN4CCOCC4)cc3)CC2)CC1. The highest BCUT2D eigenvalue weighted by Gasteiger charge is 2.53. The highest BCUT2D eigenvalue weighted by atomic mass is 16.5. The van der Waals surface area contributed by atoms with Gasteiger partial charge >= 0.3 is 0 Å². The lowest BCUT2D eigenvalue weighted by molar-refractivity contribution is 0.0342. The number of nitrogens with two attached hydrogens (primary N) is 1. The molecule has 2 spiro atoms. The number of piperazine rings is 1. The summed E-state index contributed by atoms with van der Waals surface area (Å²) in [6, 6.07) is 26.9. The maximum Gasteiger partial charge on any atom is 0.274 e. The number of amides is 2. The molecule has 2 aliphatic carbocycles. The number of aryl methyl sites for hydroxylation is 1. The zero-order valence-corrected chi connectivity index (χ0v) is 48.2. The number of nitrogens with zero attached hydrogens (tertiary/aromatic N) is 10. The van der Waals surface area contributed by atoms with Crippen molar-refractivity contribution in [1.82, 2.24) is 49.9 Å². The topological polar surface area (TPSA) is 238 Å². The third-order valence-corrected chi connectivity index (χ3v) is 18.5. The predicted molar refractivity (Wildman–Crippen MR) is 324 cm³/mol. The van der Waals surface area contributed by atoms with E-state index in [0.717, 1.165) is 154 Å². The van der Waals surface area contributed by atoms with E-state index in [4.69, 9.17) is 44.9 Å². The van der Waals surface area contributed by atoms with Gasteiger partial charge in [0, 0.05) is 131 Å². The van der Waals surface area contributed by atoms with E-state index in [1.165, 1.54) is 16.8 Å². The first-order chi connectivity index (χ1) is 41.2. The van der Waals surface area contributed by atoms with Gasteiger partial charge < -0.3 is 51.4 Å². The molecular weight excluding hydrogens is 1060 g/mol. The Balaban J connectivity index is 0.652. The molecule has 0 bridgehead atoms. The fourth-order valence-electron chi connectivity index (χ4n) is 13.1. The van der Waals surface area contributed by atoms with Crippen molar-refractivity contribution >= 4 is 52.1 Å². The second-order valence-corrected chi connectivity index (χ2v) is 23.9. The van der Waals surface area contributed by atoms with E-state index in [1.807, 2.05) is 48.5 Å². The van der Waals surface area contributed by atoms with Crippen molar-refractivity contribution in [2.24, 2.45) is 16.6 Å². The van der Waals surface area contributed by atoms with Crippen LogP contribution in [0.2, 0.25) is 0 Å². The van der Waals surface area contributed by atoms with Crippen LogP contribution in [0.4, 0.5) is 40.3 Å². The van der Waals surface area contributed by atoms with E-state index >= 15 is 0 Å². The Kier molecular flexibility index (Phi) is 16.4. The highest BCUT2D eigenvalue weighted by Crippen LogP contribution is 2.54. The number of nitrogens with one attached hydrogen (secondary N) is 5. The maximum absolute atomic E-state index is 14.6. The minimum Gasteiger partial charge on any atom is -0.381 e. The van der Waals surface area contributed by atoms with Crippen LogP contribution in [0, 0.1) is 10.8 Å². The molecule has 6 aromatic rings. The van der Waals surface area contributed by atoms with Crippen LogP contribution in [0.15, 0.2) is 91.3 Å². The predicted octanol–water partition coefficient (Wildman–Crippen LogP) is 7.31. The lowest BCUT2D eigenvalue weighted by atomic mass is 9.92. The van der Waals surface area contributed by atoms with Gasteiger partial charge in [-0.1, -0.05) is 31.2 Å². The zero-order valence-electron chi connectivity index (χ0n) is 48.2. The van der Waals surface area contributed by atoms with Gasteiger partial charge in [0.25, 0.3) is 11.8 Å². The number of hydrogen-bond acceptors (Lipinski definition) is 19. The number of primary amides is 1. The van der Waals surface area contributed by atoms with Gasteiger partial charge in [-0.15, -0.1) is 0 Å². The summed E-state index contributed by atoms with van der Waals surface area (Å²) in [4.78, 5) is 67.0. The number of rotatable bonds is 19. The molecular formula is C63H78N16O5. The molecule has 84 heavy (non-hydrogen) atoms. The lowest BCUT2D eigenvalue weighted by Gasteiger charge is -2.43. The molecule has 21 nitrogen and oxygen atoms in total. The number of piperidine rings is 1. The fourth-order valence-corrected chi connectivity index (χ4v) is 13.1. The molecule has 2 atom stereocenters. The molecule has 7 N–H and O–H groups in total. The van der Waals surface area contributed by atoms with Gasteiger partial charge in [0.15, 0.2) is 34.7 Å². The van der Waals surface area contributed by atoms with E-state index in [0.29, 0.717) is 72.0 Å². The zero-order chi connectivity index (χ0) is 57.0. The number of carbonyl (C=O) groups excluding carboxylic acids is 2. The summed E-state index contributed by atoms with van der Waals surface area (Å²) in [7, 11) is 0. The van der Waals surface area contributed by atoms with E-state index in [-0.39, 0.29) is 40.2 Å². The number of ether oxygens (including phenoxy) is 3. The van der Waals surface area contributed by atoms with Crippen LogP contribution in [-0.2, 0) is 27.2 Å². The summed E-state index contributed by atoms with van der Waals surface area (Å²) < 4.78 is 17.4. The Morgan fingerprint density at radius 2 is 1.19 bits per heavy atom. The van der Waals surface area contributed by atoms with Crippen molar-refractivity contribution in [3.63, 3.8) is 0 Å². The molecule has 7 fully saturated rings. The van der Waals surface area contributed by atoms with Crippen LogP contribution >= 0.6 is 0 Å². The molecule has 7 aliphatic rings. The Bertz CT molecular complexity index is 3270. The van der Waals surface area contributed by atoms with Gasteiger partial charge in [-0.3, -0.25) is 34.3 Å². The van der Waals surface area contributed by atoms with Gasteiger partial charge in [-0.2, -0.15) is 0 Å². The molecule has 2 saturated carbocycles. The van der Waals surface area contributed by atoms with E-state index in [1.54, 1.807) is 12.4 Å². The Morgan fingerprint density at radius 1 is 0.607 bits per heavy atom. The second kappa shape index (κ2) is 24.7. The van der Waals surface area contributed by atoms with Crippen LogP contribution in [0.1, 0.15) is 90.4 Å². The van der Waals surface area contributed by atoms with Crippen molar-refractivity contribution in [2.75, 3.05) is 125 Å². The first kappa shape index (κ1) is 55.8. The van der Waals surface area contributed by atoms with Gasteiger partial charge in [0.1, 0.15) is 11.4 Å². The van der Waals surface area contributed by atoms with Crippen molar-refractivity contribution in [3.8, 4) is 22.8 Å². The quantitative estimate of drug-likeness (QED) is 0.0466. The number of benzene rings is 2. The largest absolute Gasteiger partial charge is 0.381 e. The van der Waals surface area contributed by atoms with Crippen molar-refractivity contribution < 1.29 is 23.8 Å². The first-order valence-electron chi connectivity index (χ1n) is 30.4. The van der Waals surface area contributed by atoms with Crippen molar-refractivity contribution in [3.05, 3.63) is 114 Å². The van der Waals surface area contributed by atoms with Crippen molar-refractivity contribution in [1.29, 1.82) is 0 Å². The molecule has 5 saturated heterocycles. The normalized spacial score (nSPS) is 21.7. The van der Waals surface area contributed by atoms with Gasteiger partial charge in [-0.05, 0) is 124 Å². The Labute approximate surface area is 491 Å². The Morgan fingerprint density at radius 3 is 1.76 bits per heavy atom. The number of morpholine rings is 1. The number of aromatic nitrogens is 6. The number of pyridine rings is 2. The minimum absolute atomic E-state index is 0.0560. The third-order valence-electron chi connectivity index (χ3n) is 18.5. The maximum atomic E-state index is 14.6. The first-order valence-corrected chi connectivity index (χ1v) is 30.4. The van der Waals surface area contributed by atoms with Crippen LogP contribution in [0.25, 0.3) is 22.8 Å². The molecule has 440 valence electrons. The average Bonchev–Trinajstić information content (AvgIpc) is 4.57. The second-order valence-electron chi connectivity index (χ2n) is 23.9. The summed E-state index contributed by atoms with van der Waals surface area (Å²) in [6.45, 7) is 14.9. The lowest BCUT2D eigenvalue weighted by Crippen LogP contribution is -2.55. The molecule has 2 amide bonds. The highest BCUT2D eigenvalue weighted by molar-refractivity contribution is 5.99. The van der Waals surface area contributed by atoms with E-state index < -0.39 is 5.91 Å². The van der Waals surface area contributed by atoms with E-state index in [2.05, 4.69) is 88.4 Å². The molecule has 4 aromatic heterocycles. The molecule has 0 radical (unpaired) electrons. The number of hydrogen-bond donors (Lipinski definition) is 6. The molecule has 5 aliphatic heterocycles. The molecule has 13 rings (SSSR count). The minimum atomic E-state index is -0.671. The summed E-state index contributed by atoms with van der Waals surface area (Å²) in [5.41, 5.74) is 14.0. The summed E-state index contributed by atoms with van der Waals surface area (Å²) >= 11 is 0. The monoisotopic (exact) mass is 1140 g/mol. The fraction of sp³-hybridized carbons (Fsp3) is 0.492. The van der Waals surface area contributed by atoms with Gasteiger partial charge in [0.05, 0.1) is 44.5 Å². The number of carbonyl (C=O) groups is 2. The molecule has 2 unspecified atom stereocenters. The van der Waals surface area contributed by atoms with Crippen LogP contribution < -0.4 is 37.2 Å². The van der Waals surface area contributed by atoms with Crippen LogP contribution in [0.3, 0.4) is 0 Å². The summed E-state index contributed by atoms with van der Waals surface area (Å²) in [6.07, 6.45) is 12.5. The molecule has 9 heterocycles. The number of anilines is 7. The summed E-state index contributed by atoms with van der Waals surface area (Å²) in [5, 5.41) is 17.7. The van der Waals surface area contributed by atoms with Crippen molar-refractivity contribution in [2.45, 2.75) is 89.4 Å².